The summed E-state index contributed by atoms with van der Waals surface area (Å²) >= 11 is 1.26. The van der Waals surface area contributed by atoms with Gasteiger partial charge in [0.15, 0.2) is 16.3 Å². The quantitative estimate of drug-likeness (QED) is 0.443. The van der Waals surface area contributed by atoms with Gasteiger partial charge in [0.05, 0.1) is 5.56 Å². The number of H-pyrrole nitrogens is 1. The number of benzene rings is 1. The molecule has 1 aromatic carbocycles. The molecule has 3 aromatic rings. The number of imidazole rings is 1. The van der Waals surface area contributed by atoms with E-state index in [9.17, 15) is 22.4 Å². The zero-order chi connectivity index (χ0) is 17.5. The van der Waals surface area contributed by atoms with Gasteiger partial charge in [-0.25, -0.2) is 4.98 Å². The zero-order valence-corrected chi connectivity index (χ0v) is 13.0. The highest BCUT2D eigenvalue weighted by Gasteiger charge is 2.30. The molecule has 0 aliphatic carbocycles. The highest BCUT2D eigenvalue weighted by atomic mass is 32.2. The topological polar surface area (TPSA) is 63.6 Å². The molecule has 10 heteroatoms. The van der Waals surface area contributed by atoms with Crippen LogP contribution in [-0.2, 0) is 6.18 Å². The Balaban J connectivity index is 2.24. The number of nitrogens with one attached hydrogen (secondary N) is 1. The van der Waals surface area contributed by atoms with Gasteiger partial charge in [0.2, 0.25) is 0 Å². The first-order chi connectivity index (χ1) is 11.3. The molecule has 3 rings (SSSR count). The fourth-order valence-electron chi connectivity index (χ4n) is 2.18. The molecule has 0 unspecified atom stereocenters. The minimum Gasteiger partial charge on any atom is -0.281 e. The van der Waals surface area contributed by atoms with Gasteiger partial charge in [-0.3, -0.25) is 14.3 Å². The van der Waals surface area contributed by atoms with Crippen molar-refractivity contribution in [2.75, 3.05) is 5.75 Å². The Morgan fingerprint density at radius 3 is 2.46 bits per heavy atom. The maximum Gasteiger partial charge on any atom is 0.416 e. The first-order valence-electron chi connectivity index (χ1n) is 6.80. The average Bonchev–Trinajstić information content (AvgIpc) is 2.85. The summed E-state index contributed by atoms with van der Waals surface area (Å²) in [5, 5.41) is 0.343. The van der Waals surface area contributed by atoms with Gasteiger partial charge in [-0.05, 0) is 30.0 Å². The van der Waals surface area contributed by atoms with Crippen molar-refractivity contribution < 1.29 is 17.6 Å². The second kappa shape index (κ2) is 5.93. The van der Waals surface area contributed by atoms with Gasteiger partial charge >= 0.3 is 6.18 Å². The standard InChI is InChI=1S/C14H10F4N4OS/c1-2-24-13-19-9-10(20-12(15)21-11(9)23)22(13)8-5-3-7(4-6-8)14(16,17)18/h3-6H,2H2,1H3,(H,20,21,23). The Labute approximate surface area is 136 Å². The van der Waals surface area contributed by atoms with E-state index in [1.54, 1.807) is 0 Å². The van der Waals surface area contributed by atoms with Gasteiger partial charge in [-0.1, -0.05) is 18.7 Å². The molecule has 126 valence electrons. The van der Waals surface area contributed by atoms with Crippen LogP contribution in [0.2, 0.25) is 0 Å². The smallest absolute Gasteiger partial charge is 0.281 e. The number of alkyl halides is 3. The molecule has 0 saturated carbocycles. The van der Waals surface area contributed by atoms with Crippen molar-refractivity contribution in [3.63, 3.8) is 0 Å². The van der Waals surface area contributed by atoms with E-state index in [-0.39, 0.29) is 11.2 Å². The van der Waals surface area contributed by atoms with Crippen LogP contribution in [0.25, 0.3) is 16.9 Å². The summed E-state index contributed by atoms with van der Waals surface area (Å²) in [4.78, 5) is 21.5. The predicted octanol–water partition coefficient (Wildman–Crippen LogP) is 3.38. The van der Waals surface area contributed by atoms with E-state index >= 15 is 0 Å². The second-order valence-corrected chi connectivity index (χ2v) is 5.97. The number of fused-ring (bicyclic) bond motifs is 1. The van der Waals surface area contributed by atoms with Gasteiger partial charge in [0, 0.05) is 5.69 Å². The van der Waals surface area contributed by atoms with Crippen molar-refractivity contribution in [1.82, 2.24) is 19.5 Å². The van der Waals surface area contributed by atoms with Gasteiger partial charge < -0.3 is 0 Å². The minimum absolute atomic E-state index is 0.0491. The van der Waals surface area contributed by atoms with E-state index in [0.29, 0.717) is 16.6 Å². The molecule has 2 aromatic heterocycles. The van der Waals surface area contributed by atoms with E-state index in [4.69, 9.17) is 0 Å². The molecular formula is C14H10F4N4OS. The molecule has 2 heterocycles. The Morgan fingerprint density at radius 1 is 1.21 bits per heavy atom. The molecule has 0 amide bonds. The van der Waals surface area contributed by atoms with Crippen LogP contribution in [0.15, 0.2) is 34.2 Å². The average molecular weight is 358 g/mol. The summed E-state index contributed by atoms with van der Waals surface area (Å²) in [6.45, 7) is 1.85. The molecule has 0 radical (unpaired) electrons. The van der Waals surface area contributed by atoms with Crippen molar-refractivity contribution >= 4 is 22.9 Å². The summed E-state index contributed by atoms with van der Waals surface area (Å²) in [5.74, 6) is 0.602. The number of hydrogen-bond donors (Lipinski definition) is 1. The van der Waals surface area contributed by atoms with Crippen LogP contribution in [0, 0.1) is 6.08 Å². The lowest BCUT2D eigenvalue weighted by Gasteiger charge is -2.10. The van der Waals surface area contributed by atoms with Crippen molar-refractivity contribution in [2.24, 2.45) is 0 Å². The maximum absolute atomic E-state index is 13.4. The van der Waals surface area contributed by atoms with Crippen LogP contribution >= 0.6 is 11.8 Å². The third-order valence-corrected chi connectivity index (χ3v) is 4.01. The van der Waals surface area contributed by atoms with Crippen molar-refractivity contribution in [3.8, 4) is 5.69 Å². The number of aromatic nitrogens is 4. The van der Waals surface area contributed by atoms with Gasteiger partial charge in [-0.15, -0.1) is 0 Å². The Hall–Kier alpha value is -2.36. The largest absolute Gasteiger partial charge is 0.416 e. The summed E-state index contributed by atoms with van der Waals surface area (Å²) in [6.07, 6.45) is -5.55. The number of thioether (sulfide) groups is 1. The monoisotopic (exact) mass is 358 g/mol. The number of rotatable bonds is 3. The van der Waals surface area contributed by atoms with E-state index in [1.807, 2.05) is 11.9 Å². The van der Waals surface area contributed by atoms with Crippen molar-refractivity contribution in [2.45, 2.75) is 18.3 Å². The van der Waals surface area contributed by atoms with Gasteiger partial charge in [0.1, 0.15) is 0 Å². The van der Waals surface area contributed by atoms with Crippen molar-refractivity contribution in [3.05, 3.63) is 46.3 Å². The van der Waals surface area contributed by atoms with E-state index in [2.05, 4.69) is 9.97 Å². The molecular weight excluding hydrogens is 348 g/mol. The van der Waals surface area contributed by atoms with Crippen LogP contribution in [0.1, 0.15) is 12.5 Å². The van der Waals surface area contributed by atoms with Gasteiger partial charge in [-0.2, -0.15) is 22.5 Å². The molecule has 1 N–H and O–H groups in total. The lowest BCUT2D eigenvalue weighted by Crippen LogP contribution is -2.11. The van der Waals surface area contributed by atoms with E-state index in [0.717, 1.165) is 12.1 Å². The van der Waals surface area contributed by atoms with Crippen LogP contribution in [0.5, 0.6) is 0 Å². The summed E-state index contributed by atoms with van der Waals surface area (Å²) in [6, 6.07) is 4.27. The zero-order valence-electron chi connectivity index (χ0n) is 12.2. The summed E-state index contributed by atoms with van der Waals surface area (Å²) in [7, 11) is 0. The Kier molecular flexibility index (Phi) is 4.08. The number of hydrogen-bond acceptors (Lipinski definition) is 4. The molecule has 5 nitrogen and oxygen atoms in total. The summed E-state index contributed by atoms with van der Waals surface area (Å²) < 4.78 is 52.9. The Morgan fingerprint density at radius 2 is 1.88 bits per heavy atom. The molecule has 0 aliphatic heterocycles. The fourth-order valence-corrected chi connectivity index (χ4v) is 2.91. The molecule has 24 heavy (non-hydrogen) atoms. The second-order valence-electron chi connectivity index (χ2n) is 4.74. The summed E-state index contributed by atoms with van der Waals surface area (Å²) in [5.41, 5.74) is -1.38. The van der Waals surface area contributed by atoms with Crippen LogP contribution in [-0.4, -0.2) is 25.3 Å². The molecule has 0 spiro atoms. The molecule has 0 atom stereocenters. The number of halogens is 4. The van der Waals surface area contributed by atoms with Gasteiger partial charge in [0.25, 0.3) is 11.6 Å². The van der Waals surface area contributed by atoms with E-state index < -0.39 is 23.4 Å². The lowest BCUT2D eigenvalue weighted by molar-refractivity contribution is -0.137. The van der Waals surface area contributed by atoms with Crippen molar-refractivity contribution in [1.29, 1.82) is 0 Å². The van der Waals surface area contributed by atoms with Crippen LogP contribution < -0.4 is 5.56 Å². The third kappa shape index (κ3) is 2.88. The molecule has 0 fully saturated rings. The highest BCUT2D eigenvalue weighted by Crippen LogP contribution is 2.31. The first kappa shape index (κ1) is 16.5. The van der Waals surface area contributed by atoms with Crippen LogP contribution in [0.3, 0.4) is 0 Å². The molecule has 0 bridgehead atoms. The van der Waals surface area contributed by atoms with Crippen LogP contribution in [0.4, 0.5) is 17.6 Å². The maximum atomic E-state index is 13.4. The minimum atomic E-state index is -4.46. The first-order valence-corrected chi connectivity index (χ1v) is 7.78. The molecule has 0 aliphatic rings. The number of nitrogens with zero attached hydrogens (tertiary/aromatic N) is 3. The lowest BCUT2D eigenvalue weighted by atomic mass is 10.2. The predicted molar refractivity (Wildman–Crippen MR) is 80.8 cm³/mol. The molecule has 0 saturated heterocycles. The van der Waals surface area contributed by atoms with E-state index in [1.165, 1.54) is 28.5 Å². The number of aromatic amines is 1. The normalized spacial score (nSPS) is 12.0. The Bertz CT molecular complexity index is 946. The third-order valence-electron chi connectivity index (χ3n) is 3.18. The highest BCUT2D eigenvalue weighted by molar-refractivity contribution is 7.99. The SMILES string of the molecule is CCSc1nc2c(=O)[nH]c(F)nc2n1-c1ccc(C(F)(F)F)cc1. The fraction of sp³-hybridized carbons (Fsp3) is 0.214.